The Kier molecular flexibility index (Phi) is 4.88. The molecule has 2 aromatic rings. The van der Waals surface area contributed by atoms with Crippen LogP contribution in [0.4, 0.5) is 8.78 Å². The van der Waals surface area contributed by atoms with Crippen molar-refractivity contribution in [1.82, 2.24) is 5.32 Å². The number of rotatable bonds is 5. The summed E-state index contributed by atoms with van der Waals surface area (Å²) in [5.74, 6) is -0.503. The molecule has 0 heterocycles. The second-order valence-electron chi connectivity index (χ2n) is 4.23. The van der Waals surface area contributed by atoms with Crippen LogP contribution in [0.5, 0.6) is 0 Å². The van der Waals surface area contributed by atoms with Gasteiger partial charge in [-0.3, -0.25) is 0 Å². The van der Waals surface area contributed by atoms with Crippen LogP contribution in [0, 0.1) is 11.6 Å². The van der Waals surface area contributed by atoms with Gasteiger partial charge in [0.2, 0.25) is 0 Å². The van der Waals surface area contributed by atoms with Gasteiger partial charge in [0.15, 0.2) is 0 Å². The third kappa shape index (κ3) is 3.75. The van der Waals surface area contributed by atoms with Crippen molar-refractivity contribution in [2.45, 2.75) is 12.6 Å². The van der Waals surface area contributed by atoms with Crippen molar-refractivity contribution in [3.63, 3.8) is 0 Å². The molecule has 0 fully saturated rings. The van der Waals surface area contributed by atoms with Crippen molar-refractivity contribution in [2.24, 2.45) is 0 Å². The quantitative estimate of drug-likeness (QED) is 0.816. The summed E-state index contributed by atoms with van der Waals surface area (Å²) in [5.41, 5.74) is 1.32. The van der Waals surface area contributed by atoms with Crippen LogP contribution in [-0.4, -0.2) is 5.88 Å². The summed E-state index contributed by atoms with van der Waals surface area (Å²) in [4.78, 5) is 0. The van der Waals surface area contributed by atoms with Gasteiger partial charge in [-0.2, -0.15) is 0 Å². The van der Waals surface area contributed by atoms with E-state index in [-0.39, 0.29) is 12.6 Å². The van der Waals surface area contributed by atoms with Gasteiger partial charge in [-0.25, -0.2) is 8.78 Å². The molecule has 0 bridgehead atoms. The Morgan fingerprint density at radius 2 is 1.79 bits per heavy atom. The van der Waals surface area contributed by atoms with E-state index in [0.29, 0.717) is 11.4 Å². The molecule has 1 unspecified atom stereocenters. The first-order valence-corrected chi connectivity index (χ1v) is 6.52. The normalized spacial score (nSPS) is 12.4. The fourth-order valence-corrected chi connectivity index (χ4v) is 2.15. The summed E-state index contributed by atoms with van der Waals surface area (Å²) in [6.07, 6.45) is 0. The van der Waals surface area contributed by atoms with Crippen molar-refractivity contribution >= 4 is 11.6 Å². The van der Waals surface area contributed by atoms with Crippen LogP contribution in [-0.2, 0) is 6.54 Å². The Balaban J connectivity index is 2.06. The predicted octanol–water partition coefficient (Wildman–Crippen LogP) is 4.03. The third-order valence-electron chi connectivity index (χ3n) is 2.90. The van der Waals surface area contributed by atoms with Gasteiger partial charge in [-0.05, 0) is 23.8 Å². The highest BCUT2D eigenvalue weighted by atomic mass is 35.5. The number of hydrogen-bond acceptors (Lipinski definition) is 1. The van der Waals surface area contributed by atoms with Gasteiger partial charge in [0.25, 0.3) is 0 Å². The summed E-state index contributed by atoms with van der Waals surface area (Å²) in [7, 11) is 0. The Labute approximate surface area is 116 Å². The maximum absolute atomic E-state index is 13.5. The van der Waals surface area contributed by atoms with E-state index in [1.54, 1.807) is 0 Å². The topological polar surface area (TPSA) is 12.0 Å². The van der Waals surface area contributed by atoms with Crippen LogP contribution < -0.4 is 5.32 Å². The predicted molar refractivity (Wildman–Crippen MR) is 73.1 cm³/mol. The molecule has 2 rings (SSSR count). The molecular weight excluding hydrogens is 268 g/mol. The lowest BCUT2D eigenvalue weighted by Gasteiger charge is -2.16. The molecule has 1 nitrogen and oxygen atoms in total. The number of hydrogen-bond donors (Lipinski definition) is 1. The van der Waals surface area contributed by atoms with Crippen molar-refractivity contribution in [3.05, 3.63) is 71.3 Å². The lowest BCUT2D eigenvalue weighted by atomic mass is 10.1. The average Bonchev–Trinajstić information content (AvgIpc) is 2.44. The SMILES string of the molecule is Fc1ccc(F)c(CNC(CCl)c2ccccc2)c1. The molecular formula is C15H14ClF2N. The summed E-state index contributed by atoms with van der Waals surface area (Å²) in [5, 5.41) is 3.13. The van der Waals surface area contributed by atoms with E-state index in [1.165, 1.54) is 6.07 Å². The number of halogens is 3. The molecule has 0 aliphatic rings. The van der Waals surface area contributed by atoms with E-state index in [2.05, 4.69) is 5.32 Å². The van der Waals surface area contributed by atoms with E-state index < -0.39 is 11.6 Å². The zero-order chi connectivity index (χ0) is 13.7. The van der Waals surface area contributed by atoms with Crippen LogP contribution in [0.1, 0.15) is 17.2 Å². The van der Waals surface area contributed by atoms with Crippen molar-refractivity contribution in [1.29, 1.82) is 0 Å². The molecule has 0 aliphatic heterocycles. The number of nitrogens with one attached hydrogen (secondary N) is 1. The maximum atomic E-state index is 13.5. The summed E-state index contributed by atoms with van der Waals surface area (Å²) >= 11 is 5.91. The van der Waals surface area contributed by atoms with E-state index in [1.807, 2.05) is 30.3 Å². The smallest absolute Gasteiger partial charge is 0.127 e. The van der Waals surface area contributed by atoms with Gasteiger partial charge in [0.1, 0.15) is 11.6 Å². The monoisotopic (exact) mass is 281 g/mol. The first-order valence-electron chi connectivity index (χ1n) is 5.99. The maximum Gasteiger partial charge on any atom is 0.127 e. The summed E-state index contributed by atoms with van der Waals surface area (Å²) in [6, 6.07) is 13.0. The largest absolute Gasteiger partial charge is 0.305 e. The number of alkyl halides is 1. The zero-order valence-electron chi connectivity index (χ0n) is 10.2. The van der Waals surface area contributed by atoms with Crippen LogP contribution in [0.25, 0.3) is 0 Å². The minimum Gasteiger partial charge on any atom is -0.305 e. The van der Waals surface area contributed by atoms with Crippen molar-refractivity contribution in [3.8, 4) is 0 Å². The molecule has 0 saturated carbocycles. The second kappa shape index (κ2) is 6.64. The van der Waals surface area contributed by atoms with Crippen LogP contribution >= 0.6 is 11.6 Å². The molecule has 0 saturated heterocycles. The Bertz CT molecular complexity index is 531. The number of benzene rings is 2. The highest BCUT2D eigenvalue weighted by Gasteiger charge is 2.11. The van der Waals surface area contributed by atoms with Gasteiger partial charge in [0.05, 0.1) is 0 Å². The van der Waals surface area contributed by atoms with E-state index in [4.69, 9.17) is 11.6 Å². The fraction of sp³-hybridized carbons (Fsp3) is 0.200. The molecule has 0 amide bonds. The van der Waals surface area contributed by atoms with Gasteiger partial charge >= 0.3 is 0 Å². The zero-order valence-corrected chi connectivity index (χ0v) is 11.0. The van der Waals surface area contributed by atoms with E-state index in [0.717, 1.165) is 17.7 Å². The average molecular weight is 282 g/mol. The second-order valence-corrected chi connectivity index (χ2v) is 4.54. The van der Waals surface area contributed by atoms with Gasteiger partial charge in [0, 0.05) is 24.0 Å². The fourth-order valence-electron chi connectivity index (χ4n) is 1.86. The first-order chi connectivity index (χ1) is 9.20. The highest BCUT2D eigenvalue weighted by Crippen LogP contribution is 2.16. The van der Waals surface area contributed by atoms with Gasteiger partial charge in [-0.15, -0.1) is 11.6 Å². The van der Waals surface area contributed by atoms with Crippen molar-refractivity contribution < 1.29 is 8.78 Å². The molecule has 0 spiro atoms. The molecule has 19 heavy (non-hydrogen) atoms. The molecule has 0 aromatic heterocycles. The van der Waals surface area contributed by atoms with Crippen molar-refractivity contribution in [2.75, 3.05) is 5.88 Å². The van der Waals surface area contributed by atoms with Gasteiger partial charge < -0.3 is 5.32 Å². The highest BCUT2D eigenvalue weighted by molar-refractivity contribution is 6.18. The molecule has 4 heteroatoms. The van der Waals surface area contributed by atoms with Gasteiger partial charge in [-0.1, -0.05) is 30.3 Å². The Morgan fingerprint density at radius 3 is 2.47 bits per heavy atom. The molecule has 1 atom stereocenters. The summed E-state index contributed by atoms with van der Waals surface area (Å²) in [6.45, 7) is 0.232. The molecule has 1 N–H and O–H groups in total. The lowest BCUT2D eigenvalue weighted by molar-refractivity contribution is 0.538. The van der Waals surface area contributed by atoms with E-state index in [9.17, 15) is 8.78 Å². The molecule has 100 valence electrons. The standard InChI is InChI=1S/C15H14ClF2N/c16-9-15(11-4-2-1-3-5-11)19-10-12-8-13(17)6-7-14(12)18/h1-8,15,19H,9-10H2. The summed E-state index contributed by atoms with van der Waals surface area (Å²) < 4.78 is 26.5. The molecule has 0 aliphatic carbocycles. The third-order valence-corrected chi connectivity index (χ3v) is 3.21. The lowest BCUT2D eigenvalue weighted by Crippen LogP contribution is -2.22. The van der Waals surface area contributed by atoms with Crippen LogP contribution in [0.3, 0.4) is 0 Å². The molecule has 0 radical (unpaired) electrons. The minimum absolute atomic E-state index is 0.0921. The van der Waals surface area contributed by atoms with Crippen LogP contribution in [0.2, 0.25) is 0 Å². The van der Waals surface area contributed by atoms with Crippen LogP contribution in [0.15, 0.2) is 48.5 Å². The Hall–Kier alpha value is -1.45. The molecule has 2 aromatic carbocycles. The Morgan fingerprint density at radius 1 is 1.05 bits per heavy atom. The minimum atomic E-state index is -0.444. The first kappa shape index (κ1) is 14.0. The van der Waals surface area contributed by atoms with E-state index >= 15 is 0 Å².